The molecule has 5 nitrogen and oxygen atoms in total. The first-order valence-electron chi connectivity index (χ1n) is 9.41. The quantitative estimate of drug-likeness (QED) is 0.770. The van der Waals surface area contributed by atoms with Crippen molar-refractivity contribution in [2.45, 2.75) is 32.5 Å². The van der Waals surface area contributed by atoms with Gasteiger partial charge in [0.25, 0.3) is 0 Å². The molecule has 2 amide bonds. The maximum absolute atomic E-state index is 12.8. The van der Waals surface area contributed by atoms with Crippen molar-refractivity contribution in [1.82, 2.24) is 20.0 Å². The van der Waals surface area contributed by atoms with Gasteiger partial charge in [-0.05, 0) is 23.6 Å². The van der Waals surface area contributed by atoms with Crippen molar-refractivity contribution >= 4 is 6.03 Å². The van der Waals surface area contributed by atoms with Crippen molar-refractivity contribution in [3.63, 3.8) is 0 Å². The zero-order valence-corrected chi connectivity index (χ0v) is 15.5. The molecule has 0 saturated carbocycles. The van der Waals surface area contributed by atoms with Crippen molar-refractivity contribution < 1.29 is 4.79 Å². The molecule has 1 aromatic heterocycles. The maximum atomic E-state index is 12.8. The average Bonchev–Trinajstić information content (AvgIpc) is 3.20. The van der Waals surface area contributed by atoms with Crippen molar-refractivity contribution in [2.75, 3.05) is 6.54 Å². The first-order valence-corrected chi connectivity index (χ1v) is 9.41. The molecule has 1 N–H and O–H groups in total. The molecule has 0 saturated heterocycles. The van der Waals surface area contributed by atoms with Crippen LogP contribution in [0, 0.1) is 0 Å². The SMILES string of the molecule is CCn1cc(CNC(=O)N2Cc3ccccc3C(c3ccccc3)C2)cn1. The molecule has 0 spiro atoms. The third-order valence-corrected chi connectivity index (χ3v) is 5.14. The predicted octanol–water partition coefficient (Wildman–Crippen LogP) is 3.76. The minimum absolute atomic E-state index is 0.0327. The third kappa shape index (κ3) is 3.72. The van der Waals surface area contributed by atoms with Gasteiger partial charge < -0.3 is 10.2 Å². The lowest BCUT2D eigenvalue weighted by Gasteiger charge is -2.35. The predicted molar refractivity (Wildman–Crippen MR) is 105 cm³/mol. The van der Waals surface area contributed by atoms with E-state index in [1.54, 1.807) is 0 Å². The van der Waals surface area contributed by atoms with Crippen molar-refractivity contribution in [1.29, 1.82) is 0 Å². The molecule has 138 valence electrons. The lowest BCUT2D eigenvalue weighted by atomic mass is 9.85. The first-order chi connectivity index (χ1) is 13.2. The molecule has 0 aliphatic carbocycles. The molecular formula is C22H24N4O. The summed E-state index contributed by atoms with van der Waals surface area (Å²) in [6.07, 6.45) is 3.78. The second-order valence-electron chi connectivity index (χ2n) is 6.91. The molecule has 2 aromatic carbocycles. The largest absolute Gasteiger partial charge is 0.334 e. The molecule has 1 atom stereocenters. The maximum Gasteiger partial charge on any atom is 0.317 e. The van der Waals surface area contributed by atoms with Crippen molar-refractivity contribution in [2.24, 2.45) is 0 Å². The number of urea groups is 1. The summed E-state index contributed by atoms with van der Waals surface area (Å²) < 4.78 is 1.87. The number of amides is 2. The summed E-state index contributed by atoms with van der Waals surface area (Å²) in [5, 5.41) is 7.30. The molecule has 2 heterocycles. The van der Waals surface area contributed by atoms with Crippen LogP contribution in [-0.2, 0) is 19.6 Å². The number of hydrogen-bond donors (Lipinski definition) is 1. The zero-order valence-electron chi connectivity index (χ0n) is 15.5. The van der Waals surface area contributed by atoms with Crippen LogP contribution < -0.4 is 5.32 Å². The Morgan fingerprint density at radius 1 is 1.15 bits per heavy atom. The number of nitrogens with zero attached hydrogens (tertiary/aromatic N) is 3. The van der Waals surface area contributed by atoms with E-state index in [2.05, 4.69) is 52.9 Å². The monoisotopic (exact) mass is 360 g/mol. The number of hydrogen-bond acceptors (Lipinski definition) is 2. The van der Waals surface area contributed by atoms with Crippen LogP contribution in [0.2, 0.25) is 0 Å². The Labute approximate surface area is 159 Å². The van der Waals surface area contributed by atoms with Crippen molar-refractivity contribution in [3.05, 3.63) is 89.2 Å². The highest BCUT2D eigenvalue weighted by Crippen LogP contribution is 2.33. The summed E-state index contributed by atoms with van der Waals surface area (Å²) in [6, 6.07) is 18.8. The number of fused-ring (bicyclic) bond motifs is 1. The normalized spacial score (nSPS) is 16.0. The highest BCUT2D eigenvalue weighted by Gasteiger charge is 2.28. The molecule has 1 unspecified atom stereocenters. The van der Waals surface area contributed by atoms with E-state index >= 15 is 0 Å². The van der Waals surface area contributed by atoms with E-state index in [0.29, 0.717) is 19.6 Å². The van der Waals surface area contributed by atoms with Crippen LogP contribution in [0.5, 0.6) is 0 Å². The van der Waals surface area contributed by atoms with Crippen LogP contribution >= 0.6 is 0 Å². The zero-order chi connectivity index (χ0) is 18.6. The molecule has 1 aliphatic rings. The van der Waals surface area contributed by atoms with E-state index in [4.69, 9.17) is 0 Å². The van der Waals surface area contributed by atoms with Gasteiger partial charge in [0.15, 0.2) is 0 Å². The number of rotatable bonds is 4. The lowest BCUT2D eigenvalue weighted by Crippen LogP contribution is -2.44. The van der Waals surface area contributed by atoms with Gasteiger partial charge in [0.1, 0.15) is 0 Å². The first kappa shape index (κ1) is 17.3. The van der Waals surface area contributed by atoms with Crippen LogP contribution in [0.25, 0.3) is 0 Å². The Hall–Kier alpha value is -3.08. The van der Waals surface area contributed by atoms with E-state index < -0.39 is 0 Å². The Balaban J connectivity index is 1.51. The van der Waals surface area contributed by atoms with Gasteiger partial charge >= 0.3 is 6.03 Å². The minimum Gasteiger partial charge on any atom is -0.334 e. The van der Waals surface area contributed by atoms with Crippen molar-refractivity contribution in [3.8, 4) is 0 Å². The van der Waals surface area contributed by atoms with Gasteiger partial charge in [0, 0.05) is 43.9 Å². The van der Waals surface area contributed by atoms with Gasteiger partial charge in [0.2, 0.25) is 0 Å². The second-order valence-corrected chi connectivity index (χ2v) is 6.91. The summed E-state index contributed by atoms with van der Waals surface area (Å²) in [7, 11) is 0. The summed E-state index contributed by atoms with van der Waals surface area (Å²) in [5.41, 5.74) is 4.79. The van der Waals surface area contributed by atoms with Crippen LogP contribution in [0.3, 0.4) is 0 Å². The molecular weight excluding hydrogens is 336 g/mol. The summed E-state index contributed by atoms with van der Waals surface area (Å²) >= 11 is 0. The Bertz CT molecular complexity index is 919. The number of aromatic nitrogens is 2. The molecule has 3 aromatic rings. The van der Waals surface area contributed by atoms with Gasteiger partial charge in [-0.1, -0.05) is 54.6 Å². The average molecular weight is 360 g/mol. The highest BCUT2D eigenvalue weighted by molar-refractivity contribution is 5.75. The third-order valence-electron chi connectivity index (χ3n) is 5.14. The van der Waals surface area contributed by atoms with E-state index in [-0.39, 0.29) is 11.9 Å². The summed E-state index contributed by atoms with van der Waals surface area (Å²) in [5.74, 6) is 0.199. The van der Waals surface area contributed by atoms with Gasteiger partial charge in [0.05, 0.1) is 6.20 Å². The van der Waals surface area contributed by atoms with E-state index in [0.717, 1.165) is 12.1 Å². The van der Waals surface area contributed by atoms with Gasteiger partial charge in [-0.25, -0.2) is 4.79 Å². The lowest BCUT2D eigenvalue weighted by molar-refractivity contribution is 0.188. The standard InChI is InChI=1S/C22H24N4O/c1-2-26-14-17(13-24-26)12-23-22(27)25-15-19-10-6-7-11-20(19)21(16-25)18-8-4-3-5-9-18/h3-11,13-14,21H,2,12,15-16H2,1H3,(H,23,27). The molecule has 5 heteroatoms. The fraction of sp³-hybridized carbons (Fsp3) is 0.273. The number of carbonyl (C=O) groups is 1. The number of aryl methyl sites for hydroxylation is 1. The second kappa shape index (κ2) is 7.66. The highest BCUT2D eigenvalue weighted by atomic mass is 16.2. The Morgan fingerprint density at radius 3 is 2.70 bits per heavy atom. The fourth-order valence-electron chi connectivity index (χ4n) is 3.69. The summed E-state index contributed by atoms with van der Waals surface area (Å²) in [6.45, 7) is 4.69. The van der Waals surface area contributed by atoms with E-state index in [1.165, 1.54) is 16.7 Å². The molecule has 4 rings (SSSR count). The van der Waals surface area contributed by atoms with Crippen LogP contribution in [0.15, 0.2) is 67.0 Å². The Kier molecular flexibility index (Phi) is 4.92. The molecule has 27 heavy (non-hydrogen) atoms. The summed E-state index contributed by atoms with van der Waals surface area (Å²) in [4.78, 5) is 14.7. The van der Waals surface area contributed by atoms with Gasteiger partial charge in [-0.3, -0.25) is 4.68 Å². The van der Waals surface area contributed by atoms with Crippen LogP contribution in [0.1, 0.15) is 35.1 Å². The molecule has 0 bridgehead atoms. The number of carbonyl (C=O) groups excluding carboxylic acids is 1. The molecule has 0 radical (unpaired) electrons. The smallest absolute Gasteiger partial charge is 0.317 e. The molecule has 1 aliphatic heterocycles. The topological polar surface area (TPSA) is 50.2 Å². The van der Waals surface area contributed by atoms with E-state index in [1.807, 2.05) is 41.0 Å². The van der Waals surface area contributed by atoms with Crippen LogP contribution in [-0.4, -0.2) is 27.3 Å². The minimum atomic E-state index is -0.0327. The van der Waals surface area contributed by atoms with Gasteiger partial charge in [-0.2, -0.15) is 5.10 Å². The number of nitrogens with one attached hydrogen (secondary N) is 1. The van der Waals surface area contributed by atoms with Gasteiger partial charge in [-0.15, -0.1) is 0 Å². The Morgan fingerprint density at radius 2 is 1.93 bits per heavy atom. The fourth-order valence-corrected chi connectivity index (χ4v) is 3.69. The number of benzene rings is 2. The van der Waals surface area contributed by atoms with E-state index in [9.17, 15) is 4.79 Å². The molecule has 0 fully saturated rings. The van der Waals surface area contributed by atoms with Crippen LogP contribution in [0.4, 0.5) is 4.79 Å².